The van der Waals surface area contributed by atoms with Crippen molar-refractivity contribution in [3.63, 3.8) is 0 Å². The molecule has 0 fully saturated rings. The zero-order chi connectivity index (χ0) is 14.6. The summed E-state index contributed by atoms with van der Waals surface area (Å²) < 4.78 is 70.2. The van der Waals surface area contributed by atoms with Crippen molar-refractivity contribution in [2.45, 2.75) is 19.5 Å². The first-order valence-electron chi connectivity index (χ1n) is 4.83. The minimum absolute atomic E-state index is 0.510. The lowest BCUT2D eigenvalue weighted by Crippen LogP contribution is -2.21. The van der Waals surface area contributed by atoms with E-state index < -0.39 is 48.3 Å². The molecule has 0 amide bonds. The number of nitrogens with zero attached hydrogens (tertiary/aromatic N) is 1. The van der Waals surface area contributed by atoms with Crippen molar-refractivity contribution >= 4 is 5.97 Å². The van der Waals surface area contributed by atoms with Crippen LogP contribution >= 0.6 is 0 Å². The van der Waals surface area contributed by atoms with Crippen LogP contribution in [0.2, 0.25) is 0 Å². The number of esters is 1. The van der Waals surface area contributed by atoms with Crippen LogP contribution in [0.3, 0.4) is 0 Å². The Labute approximate surface area is 104 Å². The summed E-state index contributed by atoms with van der Waals surface area (Å²) in [5.74, 6) is -3.37. The maximum Gasteiger partial charge on any atom is 0.573 e. The van der Waals surface area contributed by atoms with E-state index in [4.69, 9.17) is 0 Å². The highest BCUT2D eigenvalue weighted by atomic mass is 19.4. The molecular weight excluding hydrogens is 277 g/mol. The van der Waals surface area contributed by atoms with Gasteiger partial charge in [0.05, 0.1) is 19.7 Å². The van der Waals surface area contributed by atoms with Crippen LogP contribution < -0.4 is 4.74 Å². The summed E-state index contributed by atoms with van der Waals surface area (Å²) in [6.07, 6.45) is -5.48. The van der Waals surface area contributed by atoms with Gasteiger partial charge in [-0.05, 0) is 0 Å². The van der Waals surface area contributed by atoms with Crippen LogP contribution in [0, 0.1) is 5.82 Å². The van der Waals surface area contributed by atoms with Crippen molar-refractivity contribution in [2.75, 3.05) is 7.11 Å². The molecule has 0 radical (unpaired) electrons. The third-order valence-electron chi connectivity index (χ3n) is 2.05. The third kappa shape index (κ3) is 4.04. The summed E-state index contributed by atoms with van der Waals surface area (Å²) in [5.41, 5.74) is -1.51. The van der Waals surface area contributed by atoms with Gasteiger partial charge in [0.1, 0.15) is 18.2 Å². The van der Waals surface area contributed by atoms with Crippen LogP contribution in [0.25, 0.3) is 0 Å². The fourth-order valence-electron chi connectivity index (χ4n) is 1.27. The molecule has 0 saturated heterocycles. The summed E-state index contributed by atoms with van der Waals surface area (Å²) in [5, 5.41) is 0. The molecule has 1 aromatic rings. The van der Waals surface area contributed by atoms with Gasteiger partial charge < -0.3 is 9.47 Å². The van der Waals surface area contributed by atoms with Gasteiger partial charge in [-0.25, -0.2) is 8.78 Å². The second kappa shape index (κ2) is 5.81. The minimum Gasteiger partial charge on any atom is -0.469 e. The molecule has 0 bridgehead atoms. The Bertz CT molecular complexity index is 475. The van der Waals surface area contributed by atoms with Crippen molar-refractivity contribution < 1.29 is 36.2 Å². The molecule has 1 rings (SSSR count). The molecule has 19 heavy (non-hydrogen) atoms. The number of carbonyl (C=O) groups is 1. The van der Waals surface area contributed by atoms with E-state index in [0.29, 0.717) is 6.20 Å². The van der Waals surface area contributed by atoms with Gasteiger partial charge in [0, 0.05) is 5.56 Å². The average molecular weight is 285 g/mol. The van der Waals surface area contributed by atoms with Crippen LogP contribution in [0.5, 0.6) is 5.75 Å². The summed E-state index contributed by atoms with van der Waals surface area (Å²) in [6, 6.07) is 0. The van der Waals surface area contributed by atoms with E-state index in [1.54, 1.807) is 0 Å². The van der Waals surface area contributed by atoms with Crippen molar-refractivity contribution in [2.24, 2.45) is 0 Å². The van der Waals surface area contributed by atoms with Crippen LogP contribution in [-0.2, 0) is 22.6 Å². The summed E-state index contributed by atoms with van der Waals surface area (Å²) in [6.45, 7) is -1.40. The molecule has 4 nitrogen and oxygen atoms in total. The number of hydrogen-bond acceptors (Lipinski definition) is 4. The first-order chi connectivity index (χ1) is 8.78. The smallest absolute Gasteiger partial charge is 0.469 e. The third-order valence-corrected chi connectivity index (χ3v) is 2.05. The Balaban J connectivity index is 3.28. The minimum atomic E-state index is -5.16. The van der Waals surface area contributed by atoms with Gasteiger partial charge in [-0.15, -0.1) is 13.2 Å². The van der Waals surface area contributed by atoms with Crippen LogP contribution in [0.4, 0.5) is 22.0 Å². The molecule has 1 aromatic heterocycles. The molecule has 0 aliphatic heterocycles. The second-order valence-electron chi connectivity index (χ2n) is 3.29. The standard InChI is InChI=1S/C10H8F5NO3/c1-18-8(17)2-5-6(12)4-16-7(3-11)9(5)19-10(13,14)15/h4H,2-3H2,1H3. The van der Waals surface area contributed by atoms with Gasteiger partial charge in [0.25, 0.3) is 0 Å². The zero-order valence-corrected chi connectivity index (χ0v) is 9.55. The first kappa shape index (κ1) is 15.1. The Morgan fingerprint density at radius 3 is 2.53 bits per heavy atom. The molecule has 9 heteroatoms. The number of aromatic nitrogens is 1. The van der Waals surface area contributed by atoms with E-state index in [1.165, 1.54) is 0 Å². The average Bonchev–Trinajstić information content (AvgIpc) is 2.32. The maximum atomic E-state index is 13.4. The van der Waals surface area contributed by atoms with Crippen molar-refractivity contribution in [1.29, 1.82) is 0 Å². The van der Waals surface area contributed by atoms with Gasteiger partial charge in [-0.3, -0.25) is 9.78 Å². The fraction of sp³-hybridized carbons (Fsp3) is 0.400. The van der Waals surface area contributed by atoms with E-state index in [1.807, 2.05) is 0 Å². The molecule has 0 spiro atoms. The molecule has 0 aliphatic rings. The molecule has 0 aromatic carbocycles. The Morgan fingerprint density at radius 2 is 2.05 bits per heavy atom. The highest BCUT2D eigenvalue weighted by Gasteiger charge is 2.35. The van der Waals surface area contributed by atoms with E-state index in [-0.39, 0.29) is 0 Å². The molecule has 0 N–H and O–H groups in total. The highest BCUT2D eigenvalue weighted by molar-refractivity contribution is 5.73. The molecule has 0 saturated carbocycles. The Hall–Kier alpha value is -1.93. The summed E-state index contributed by atoms with van der Waals surface area (Å²) in [7, 11) is 0.974. The van der Waals surface area contributed by atoms with Crippen molar-refractivity contribution in [3.8, 4) is 5.75 Å². The monoisotopic (exact) mass is 285 g/mol. The number of hydrogen-bond donors (Lipinski definition) is 0. The van der Waals surface area contributed by atoms with E-state index in [9.17, 15) is 26.7 Å². The van der Waals surface area contributed by atoms with Gasteiger partial charge >= 0.3 is 12.3 Å². The number of pyridine rings is 1. The van der Waals surface area contributed by atoms with Crippen LogP contribution in [0.1, 0.15) is 11.3 Å². The second-order valence-corrected chi connectivity index (χ2v) is 3.29. The molecule has 0 unspecified atom stereocenters. The van der Waals surface area contributed by atoms with Crippen LogP contribution in [-0.4, -0.2) is 24.4 Å². The molecule has 106 valence electrons. The lowest BCUT2D eigenvalue weighted by atomic mass is 10.1. The van der Waals surface area contributed by atoms with Gasteiger partial charge in [0.2, 0.25) is 0 Å². The lowest BCUT2D eigenvalue weighted by Gasteiger charge is -2.15. The quantitative estimate of drug-likeness (QED) is 0.629. The number of rotatable bonds is 4. The number of ether oxygens (including phenoxy) is 2. The fourth-order valence-corrected chi connectivity index (χ4v) is 1.27. The van der Waals surface area contributed by atoms with Crippen LogP contribution in [0.15, 0.2) is 6.20 Å². The molecular formula is C10H8F5NO3. The first-order valence-corrected chi connectivity index (χ1v) is 4.83. The number of carbonyl (C=O) groups excluding carboxylic acids is 1. The molecule has 0 atom stereocenters. The highest BCUT2D eigenvalue weighted by Crippen LogP contribution is 2.31. The largest absolute Gasteiger partial charge is 0.573 e. The Kier molecular flexibility index (Phi) is 4.62. The van der Waals surface area contributed by atoms with E-state index in [0.717, 1.165) is 7.11 Å². The SMILES string of the molecule is COC(=O)Cc1c(F)cnc(CF)c1OC(F)(F)F. The van der Waals surface area contributed by atoms with E-state index >= 15 is 0 Å². The van der Waals surface area contributed by atoms with Gasteiger partial charge in [-0.2, -0.15) is 0 Å². The predicted molar refractivity (Wildman–Crippen MR) is 51.4 cm³/mol. The van der Waals surface area contributed by atoms with Crippen molar-refractivity contribution in [3.05, 3.63) is 23.3 Å². The topological polar surface area (TPSA) is 48.4 Å². The predicted octanol–water partition coefficient (Wildman–Crippen LogP) is 2.30. The number of alkyl halides is 4. The summed E-state index contributed by atoms with van der Waals surface area (Å²) >= 11 is 0. The zero-order valence-electron chi connectivity index (χ0n) is 9.55. The molecule has 0 aliphatic carbocycles. The van der Waals surface area contributed by atoms with E-state index in [2.05, 4.69) is 14.5 Å². The lowest BCUT2D eigenvalue weighted by molar-refractivity contribution is -0.275. The number of halogens is 5. The molecule has 1 heterocycles. The Morgan fingerprint density at radius 1 is 1.42 bits per heavy atom. The van der Waals surface area contributed by atoms with Crippen molar-refractivity contribution in [1.82, 2.24) is 4.98 Å². The van der Waals surface area contributed by atoms with Gasteiger partial charge in [0.15, 0.2) is 5.75 Å². The summed E-state index contributed by atoms with van der Waals surface area (Å²) in [4.78, 5) is 14.2. The maximum absolute atomic E-state index is 13.4. The normalized spacial score (nSPS) is 11.3. The van der Waals surface area contributed by atoms with Gasteiger partial charge in [-0.1, -0.05) is 0 Å². The number of methoxy groups -OCH3 is 1.